The highest BCUT2D eigenvalue weighted by molar-refractivity contribution is 9.10. The summed E-state index contributed by atoms with van der Waals surface area (Å²) in [5.41, 5.74) is 2.37. The molecule has 0 bridgehead atoms. The minimum Gasteiger partial charge on any atom is -0.494 e. The van der Waals surface area contributed by atoms with Gasteiger partial charge in [-0.3, -0.25) is 0 Å². The molecule has 0 aliphatic carbocycles. The lowest BCUT2D eigenvalue weighted by atomic mass is 10.1. The van der Waals surface area contributed by atoms with Crippen LogP contribution in [0.3, 0.4) is 0 Å². The van der Waals surface area contributed by atoms with Gasteiger partial charge in [-0.1, -0.05) is 12.1 Å². The molecule has 3 nitrogen and oxygen atoms in total. The number of anilines is 1. The monoisotopic (exact) mass is 320 g/mol. The van der Waals surface area contributed by atoms with Gasteiger partial charge < -0.3 is 10.1 Å². The van der Waals surface area contributed by atoms with E-state index in [9.17, 15) is 0 Å². The van der Waals surface area contributed by atoms with Crippen LogP contribution in [0.15, 0.2) is 41.0 Å². The summed E-state index contributed by atoms with van der Waals surface area (Å²) in [6, 6.07) is 10.1. The van der Waals surface area contributed by atoms with Crippen molar-refractivity contribution < 1.29 is 4.74 Å². The summed E-state index contributed by atoms with van der Waals surface area (Å²) in [6.45, 7) is 5.50. The normalized spacial score (nSPS) is 10.3. The number of hydrogen-bond donors (Lipinski definition) is 1. The van der Waals surface area contributed by atoms with Crippen molar-refractivity contribution in [1.29, 1.82) is 0 Å². The number of pyridine rings is 1. The van der Waals surface area contributed by atoms with E-state index in [1.165, 1.54) is 5.56 Å². The number of ether oxygens (including phenoxy) is 1. The predicted octanol–water partition coefficient (Wildman–Crippen LogP) is 4.16. The summed E-state index contributed by atoms with van der Waals surface area (Å²) in [5, 5.41) is 3.29. The maximum absolute atomic E-state index is 5.53. The predicted molar refractivity (Wildman–Crippen MR) is 81.6 cm³/mol. The summed E-state index contributed by atoms with van der Waals surface area (Å²) >= 11 is 3.37. The molecular weight excluding hydrogens is 304 g/mol. The van der Waals surface area contributed by atoms with E-state index in [0.717, 1.165) is 28.1 Å². The van der Waals surface area contributed by atoms with Gasteiger partial charge in [-0.05, 0) is 59.1 Å². The lowest BCUT2D eigenvalue weighted by Gasteiger charge is -2.10. The topological polar surface area (TPSA) is 34.1 Å². The average Bonchev–Trinajstić information content (AvgIpc) is 2.41. The molecule has 1 N–H and O–H groups in total. The number of aryl methyl sites for hydroxylation is 1. The van der Waals surface area contributed by atoms with Gasteiger partial charge in [0.05, 0.1) is 6.61 Å². The SMILES string of the molecule is CCOc1ccc(CNc2ccc(Br)cn2)cc1C. The third-order valence-corrected chi connectivity index (χ3v) is 3.21. The van der Waals surface area contributed by atoms with Gasteiger partial charge in [-0.15, -0.1) is 0 Å². The molecule has 0 spiro atoms. The van der Waals surface area contributed by atoms with Crippen LogP contribution in [0.2, 0.25) is 0 Å². The van der Waals surface area contributed by atoms with Crippen LogP contribution in [0, 0.1) is 6.92 Å². The van der Waals surface area contributed by atoms with Gasteiger partial charge in [-0.25, -0.2) is 4.98 Å². The first kappa shape index (κ1) is 13.9. The average molecular weight is 321 g/mol. The highest BCUT2D eigenvalue weighted by Crippen LogP contribution is 2.19. The largest absolute Gasteiger partial charge is 0.494 e. The number of halogens is 1. The van der Waals surface area contributed by atoms with E-state index in [0.29, 0.717) is 6.61 Å². The molecule has 1 aromatic heterocycles. The van der Waals surface area contributed by atoms with Crippen molar-refractivity contribution in [2.24, 2.45) is 0 Å². The number of hydrogen-bond acceptors (Lipinski definition) is 3. The summed E-state index contributed by atoms with van der Waals surface area (Å²) < 4.78 is 6.51. The smallest absolute Gasteiger partial charge is 0.126 e. The van der Waals surface area contributed by atoms with E-state index < -0.39 is 0 Å². The molecular formula is C15H17BrN2O. The molecule has 2 rings (SSSR count). The quantitative estimate of drug-likeness (QED) is 0.898. The van der Waals surface area contributed by atoms with Crippen molar-refractivity contribution in [2.75, 3.05) is 11.9 Å². The fourth-order valence-corrected chi connectivity index (χ4v) is 2.05. The van der Waals surface area contributed by atoms with E-state index >= 15 is 0 Å². The van der Waals surface area contributed by atoms with Crippen molar-refractivity contribution in [3.8, 4) is 5.75 Å². The van der Waals surface area contributed by atoms with Crippen LogP contribution in [-0.4, -0.2) is 11.6 Å². The molecule has 100 valence electrons. The zero-order valence-corrected chi connectivity index (χ0v) is 12.7. The molecule has 0 aliphatic rings. The van der Waals surface area contributed by atoms with Crippen LogP contribution in [0.5, 0.6) is 5.75 Å². The molecule has 0 saturated heterocycles. The summed E-state index contributed by atoms with van der Waals surface area (Å²) in [5.74, 6) is 1.82. The molecule has 2 aromatic rings. The van der Waals surface area contributed by atoms with Crippen LogP contribution in [0.1, 0.15) is 18.1 Å². The van der Waals surface area contributed by atoms with Crippen LogP contribution < -0.4 is 10.1 Å². The Kier molecular flexibility index (Phi) is 4.80. The molecule has 0 amide bonds. The maximum atomic E-state index is 5.53. The van der Waals surface area contributed by atoms with Gasteiger partial charge in [0.1, 0.15) is 11.6 Å². The third-order valence-electron chi connectivity index (χ3n) is 2.74. The fraction of sp³-hybridized carbons (Fsp3) is 0.267. The summed E-state index contributed by atoms with van der Waals surface area (Å²) in [7, 11) is 0. The van der Waals surface area contributed by atoms with Gasteiger partial charge in [-0.2, -0.15) is 0 Å². The molecule has 0 fully saturated rings. The first-order chi connectivity index (χ1) is 9.19. The molecule has 1 heterocycles. The number of nitrogens with one attached hydrogen (secondary N) is 1. The van der Waals surface area contributed by atoms with E-state index in [4.69, 9.17) is 4.74 Å². The lowest BCUT2D eigenvalue weighted by molar-refractivity contribution is 0.338. The number of nitrogens with zero attached hydrogens (tertiary/aromatic N) is 1. The van der Waals surface area contributed by atoms with Gasteiger partial charge in [0.25, 0.3) is 0 Å². The van der Waals surface area contributed by atoms with Crippen molar-refractivity contribution in [1.82, 2.24) is 4.98 Å². The van der Waals surface area contributed by atoms with Gasteiger partial charge in [0, 0.05) is 17.2 Å². The molecule has 19 heavy (non-hydrogen) atoms. The van der Waals surface area contributed by atoms with E-state index in [1.807, 2.05) is 25.1 Å². The Labute approximate surface area is 122 Å². The molecule has 0 aliphatic heterocycles. The van der Waals surface area contributed by atoms with Crippen LogP contribution >= 0.6 is 15.9 Å². The van der Waals surface area contributed by atoms with Crippen LogP contribution in [0.25, 0.3) is 0 Å². The van der Waals surface area contributed by atoms with Crippen molar-refractivity contribution in [2.45, 2.75) is 20.4 Å². The molecule has 0 atom stereocenters. The van der Waals surface area contributed by atoms with E-state index in [-0.39, 0.29) is 0 Å². The molecule has 0 saturated carbocycles. The molecule has 1 aromatic carbocycles. The van der Waals surface area contributed by atoms with E-state index in [2.05, 4.69) is 45.3 Å². The standard InChI is InChI=1S/C15H17BrN2O/c1-3-19-14-6-4-12(8-11(14)2)9-17-15-7-5-13(16)10-18-15/h4-8,10H,3,9H2,1-2H3,(H,17,18). The van der Waals surface area contributed by atoms with Gasteiger partial charge in [0.15, 0.2) is 0 Å². The summed E-state index contributed by atoms with van der Waals surface area (Å²) in [4.78, 5) is 4.28. The minimum atomic E-state index is 0.696. The van der Waals surface area contributed by atoms with Crippen molar-refractivity contribution in [3.63, 3.8) is 0 Å². The van der Waals surface area contributed by atoms with E-state index in [1.54, 1.807) is 6.20 Å². The number of rotatable bonds is 5. The minimum absolute atomic E-state index is 0.696. The number of aromatic nitrogens is 1. The van der Waals surface area contributed by atoms with Crippen molar-refractivity contribution >= 4 is 21.7 Å². The van der Waals surface area contributed by atoms with Crippen LogP contribution in [-0.2, 0) is 6.54 Å². The highest BCUT2D eigenvalue weighted by atomic mass is 79.9. The van der Waals surface area contributed by atoms with Crippen molar-refractivity contribution in [3.05, 3.63) is 52.1 Å². The molecule has 0 unspecified atom stereocenters. The molecule has 0 radical (unpaired) electrons. The Hall–Kier alpha value is -1.55. The Balaban J connectivity index is 1.99. The third kappa shape index (κ3) is 3.96. The Morgan fingerprint density at radius 1 is 1.26 bits per heavy atom. The highest BCUT2D eigenvalue weighted by Gasteiger charge is 2.01. The maximum Gasteiger partial charge on any atom is 0.126 e. The second-order valence-electron chi connectivity index (χ2n) is 4.25. The van der Waals surface area contributed by atoms with Gasteiger partial charge in [0.2, 0.25) is 0 Å². The number of benzene rings is 1. The first-order valence-corrected chi connectivity index (χ1v) is 7.06. The second kappa shape index (κ2) is 6.57. The Bertz CT molecular complexity index is 540. The Morgan fingerprint density at radius 3 is 2.74 bits per heavy atom. The lowest BCUT2D eigenvalue weighted by Crippen LogP contribution is -2.02. The van der Waals surface area contributed by atoms with Crippen LogP contribution in [0.4, 0.5) is 5.82 Å². The summed E-state index contributed by atoms with van der Waals surface area (Å²) in [6.07, 6.45) is 1.78. The molecule has 4 heteroatoms. The zero-order chi connectivity index (χ0) is 13.7. The second-order valence-corrected chi connectivity index (χ2v) is 5.16. The first-order valence-electron chi connectivity index (χ1n) is 6.27. The zero-order valence-electron chi connectivity index (χ0n) is 11.1. The Morgan fingerprint density at radius 2 is 2.11 bits per heavy atom. The fourth-order valence-electron chi connectivity index (χ4n) is 1.81. The van der Waals surface area contributed by atoms with Gasteiger partial charge >= 0.3 is 0 Å².